The Hall–Kier alpha value is -1.00. The zero-order valence-electron chi connectivity index (χ0n) is 12.2. The summed E-state index contributed by atoms with van der Waals surface area (Å²) in [6.07, 6.45) is 2.56. The molecule has 0 bridgehead atoms. The van der Waals surface area contributed by atoms with E-state index in [2.05, 4.69) is 19.2 Å². The number of halogens is 2. The minimum atomic E-state index is -0.780. The monoisotopic (exact) mass is 283 g/mol. The molecule has 1 saturated heterocycles. The van der Waals surface area contributed by atoms with Crippen LogP contribution in [0.3, 0.4) is 0 Å². The van der Waals surface area contributed by atoms with Gasteiger partial charge in [-0.2, -0.15) is 0 Å². The lowest BCUT2D eigenvalue weighted by atomic mass is 9.92. The largest absolute Gasteiger partial charge is 0.376 e. The Balaban J connectivity index is 2.12. The maximum atomic E-state index is 13.8. The number of nitrogens with one attached hydrogen (secondary N) is 1. The van der Waals surface area contributed by atoms with Gasteiger partial charge in [-0.15, -0.1) is 0 Å². The van der Waals surface area contributed by atoms with Crippen molar-refractivity contribution in [3.63, 3.8) is 0 Å². The summed E-state index contributed by atoms with van der Waals surface area (Å²) in [6, 6.07) is 4.40. The van der Waals surface area contributed by atoms with Gasteiger partial charge < -0.3 is 10.1 Å². The quantitative estimate of drug-likeness (QED) is 0.865. The zero-order valence-corrected chi connectivity index (χ0v) is 12.2. The molecule has 0 amide bonds. The molecule has 112 valence electrons. The highest BCUT2D eigenvalue weighted by Gasteiger charge is 2.32. The van der Waals surface area contributed by atoms with Gasteiger partial charge in [-0.3, -0.25) is 0 Å². The van der Waals surface area contributed by atoms with Crippen molar-refractivity contribution in [2.45, 2.75) is 45.3 Å². The third kappa shape index (κ3) is 3.55. The summed E-state index contributed by atoms with van der Waals surface area (Å²) in [4.78, 5) is 0. The number of rotatable bonds is 6. The van der Waals surface area contributed by atoms with Crippen LogP contribution in [-0.2, 0) is 11.2 Å². The Morgan fingerprint density at radius 2 is 2.20 bits per heavy atom. The molecule has 1 aliphatic heterocycles. The maximum absolute atomic E-state index is 13.8. The first-order valence-corrected chi connectivity index (χ1v) is 7.41. The molecule has 1 fully saturated rings. The van der Waals surface area contributed by atoms with Crippen LogP contribution in [-0.4, -0.2) is 25.3 Å². The van der Waals surface area contributed by atoms with E-state index in [0.29, 0.717) is 17.9 Å². The lowest BCUT2D eigenvalue weighted by molar-refractivity contribution is 0.0607. The second-order valence-electron chi connectivity index (χ2n) is 5.58. The van der Waals surface area contributed by atoms with E-state index >= 15 is 0 Å². The highest BCUT2D eigenvalue weighted by Crippen LogP contribution is 2.25. The highest BCUT2D eigenvalue weighted by molar-refractivity contribution is 5.20. The molecule has 1 aromatic rings. The van der Waals surface area contributed by atoms with Crippen molar-refractivity contribution in [3.8, 4) is 0 Å². The maximum Gasteiger partial charge on any atom is 0.162 e. The fourth-order valence-electron chi connectivity index (χ4n) is 2.81. The van der Waals surface area contributed by atoms with Crippen LogP contribution in [0.15, 0.2) is 18.2 Å². The smallest absolute Gasteiger partial charge is 0.162 e. The molecule has 4 heteroatoms. The van der Waals surface area contributed by atoms with Crippen molar-refractivity contribution >= 4 is 0 Å². The first kappa shape index (κ1) is 15.4. The summed E-state index contributed by atoms with van der Waals surface area (Å²) < 4.78 is 32.9. The van der Waals surface area contributed by atoms with Crippen molar-refractivity contribution in [2.75, 3.05) is 13.2 Å². The Bertz CT molecular complexity index is 438. The third-order valence-electron chi connectivity index (χ3n) is 3.97. The number of hydrogen-bond acceptors (Lipinski definition) is 2. The first-order valence-electron chi connectivity index (χ1n) is 7.41. The van der Waals surface area contributed by atoms with Crippen LogP contribution in [0.5, 0.6) is 0 Å². The molecule has 1 aliphatic rings. The van der Waals surface area contributed by atoms with Gasteiger partial charge in [0.05, 0.1) is 6.10 Å². The van der Waals surface area contributed by atoms with Crippen molar-refractivity contribution < 1.29 is 13.5 Å². The Labute approximate surface area is 119 Å². The van der Waals surface area contributed by atoms with Gasteiger partial charge in [0.15, 0.2) is 11.6 Å². The number of ether oxygens (including phenoxy) is 1. The van der Waals surface area contributed by atoms with Crippen molar-refractivity contribution in [1.82, 2.24) is 5.32 Å². The van der Waals surface area contributed by atoms with Gasteiger partial charge in [0, 0.05) is 12.6 Å². The van der Waals surface area contributed by atoms with Crippen molar-refractivity contribution in [2.24, 2.45) is 5.92 Å². The van der Waals surface area contributed by atoms with Gasteiger partial charge in [-0.25, -0.2) is 8.78 Å². The molecule has 20 heavy (non-hydrogen) atoms. The van der Waals surface area contributed by atoms with E-state index in [1.54, 1.807) is 12.1 Å². The van der Waals surface area contributed by atoms with Crippen molar-refractivity contribution in [1.29, 1.82) is 0 Å². The SMILES string of the molecule is CCCNC(Cc1cccc(F)c1F)C1OCCC1C. The van der Waals surface area contributed by atoms with Gasteiger partial charge in [0.1, 0.15) is 0 Å². The molecular weight excluding hydrogens is 260 g/mol. The van der Waals surface area contributed by atoms with Crippen LogP contribution in [0.1, 0.15) is 32.3 Å². The van der Waals surface area contributed by atoms with Crippen LogP contribution in [0.2, 0.25) is 0 Å². The standard InChI is InChI=1S/C16H23F2NO/c1-3-8-19-14(16-11(2)7-9-20-16)10-12-5-4-6-13(17)15(12)18/h4-6,11,14,16,19H,3,7-10H2,1-2H3. The normalized spacial score (nSPS) is 24.0. The van der Waals surface area contributed by atoms with E-state index in [4.69, 9.17) is 4.74 Å². The lowest BCUT2D eigenvalue weighted by Gasteiger charge is -2.27. The predicted molar refractivity (Wildman–Crippen MR) is 75.7 cm³/mol. The first-order chi connectivity index (χ1) is 9.63. The van der Waals surface area contributed by atoms with E-state index < -0.39 is 11.6 Å². The summed E-state index contributed by atoms with van der Waals surface area (Å²) in [7, 11) is 0. The van der Waals surface area contributed by atoms with E-state index in [-0.39, 0.29) is 12.1 Å². The Morgan fingerprint density at radius 3 is 2.85 bits per heavy atom. The average molecular weight is 283 g/mol. The summed E-state index contributed by atoms with van der Waals surface area (Å²) >= 11 is 0. The van der Waals surface area contributed by atoms with Crippen LogP contribution >= 0.6 is 0 Å². The molecule has 1 heterocycles. The fourth-order valence-corrected chi connectivity index (χ4v) is 2.81. The number of benzene rings is 1. The minimum Gasteiger partial charge on any atom is -0.376 e. The van der Waals surface area contributed by atoms with E-state index in [1.807, 2.05) is 0 Å². The zero-order chi connectivity index (χ0) is 14.5. The second-order valence-corrected chi connectivity index (χ2v) is 5.58. The molecule has 3 unspecified atom stereocenters. The summed E-state index contributed by atoms with van der Waals surface area (Å²) in [5.41, 5.74) is 0.418. The number of hydrogen-bond donors (Lipinski definition) is 1. The molecule has 2 nitrogen and oxygen atoms in total. The van der Waals surface area contributed by atoms with Crippen LogP contribution in [0.4, 0.5) is 8.78 Å². The molecule has 1 aromatic carbocycles. The molecule has 0 aliphatic carbocycles. The van der Waals surface area contributed by atoms with E-state index in [9.17, 15) is 8.78 Å². The second kappa shape index (κ2) is 7.14. The molecule has 1 N–H and O–H groups in total. The molecule has 0 saturated carbocycles. The lowest BCUT2D eigenvalue weighted by Crippen LogP contribution is -2.44. The molecule has 2 rings (SSSR count). The van der Waals surface area contributed by atoms with Crippen LogP contribution < -0.4 is 5.32 Å². The van der Waals surface area contributed by atoms with Gasteiger partial charge in [0.25, 0.3) is 0 Å². The van der Waals surface area contributed by atoms with Gasteiger partial charge in [0.2, 0.25) is 0 Å². The molecule has 0 radical (unpaired) electrons. The van der Waals surface area contributed by atoms with Gasteiger partial charge in [-0.05, 0) is 43.4 Å². The third-order valence-corrected chi connectivity index (χ3v) is 3.97. The van der Waals surface area contributed by atoms with Crippen molar-refractivity contribution in [3.05, 3.63) is 35.4 Å². The van der Waals surface area contributed by atoms with Crippen LogP contribution in [0.25, 0.3) is 0 Å². The summed E-state index contributed by atoms with van der Waals surface area (Å²) in [6.45, 7) is 5.85. The predicted octanol–water partition coefficient (Wildman–Crippen LogP) is 3.30. The fraction of sp³-hybridized carbons (Fsp3) is 0.625. The van der Waals surface area contributed by atoms with Gasteiger partial charge >= 0.3 is 0 Å². The molecule has 3 atom stereocenters. The van der Waals surface area contributed by atoms with E-state index in [0.717, 1.165) is 32.1 Å². The summed E-state index contributed by atoms with van der Waals surface area (Å²) in [5.74, 6) is -1.07. The highest BCUT2D eigenvalue weighted by atomic mass is 19.2. The van der Waals surface area contributed by atoms with Crippen LogP contribution in [0, 0.1) is 17.6 Å². The van der Waals surface area contributed by atoms with Gasteiger partial charge in [-0.1, -0.05) is 26.0 Å². The Kier molecular flexibility index (Phi) is 5.49. The minimum absolute atomic E-state index is 0.0312. The molecule has 0 aromatic heterocycles. The molecule has 0 spiro atoms. The van der Waals surface area contributed by atoms with E-state index in [1.165, 1.54) is 0 Å². The topological polar surface area (TPSA) is 21.3 Å². The summed E-state index contributed by atoms with van der Waals surface area (Å²) in [5, 5.41) is 3.42. The average Bonchev–Trinajstić information content (AvgIpc) is 2.85. The molecular formula is C16H23F2NO. The Morgan fingerprint density at radius 1 is 1.40 bits per heavy atom.